The molecule has 0 radical (unpaired) electrons. The van der Waals surface area contributed by atoms with Gasteiger partial charge in [-0.3, -0.25) is 81.5 Å². The van der Waals surface area contributed by atoms with Gasteiger partial charge in [0.05, 0.1) is 72.0 Å². The molecule has 1 unspecified atom stereocenters. The third-order valence-electron chi connectivity index (χ3n) is 27.8. The lowest BCUT2D eigenvalue weighted by atomic mass is 9.78. The average molecular weight is 2130 g/mol. The second kappa shape index (κ2) is 44.9. The largest absolute Gasteiger partial charge is 0.496 e. The molecule has 0 spiro atoms. The topological polar surface area (TPSA) is 351 Å². The van der Waals surface area contributed by atoms with Gasteiger partial charge >= 0.3 is 7.12 Å². The van der Waals surface area contributed by atoms with Gasteiger partial charge in [-0.15, -0.1) is 0 Å². The minimum absolute atomic E-state index is 0.0187. The number of nitrogens with one attached hydrogen (secondary N) is 1. The number of nitrogens with zero attached hydrogens (tertiary/aromatic N) is 20. The summed E-state index contributed by atoms with van der Waals surface area (Å²) in [5, 5.41) is 10.4. The third-order valence-corrected chi connectivity index (χ3v) is 31.5. The fraction of sp³-hybridized carbons (Fsp3) is 0.358. The zero-order valence-corrected chi connectivity index (χ0v) is 88.7. The Morgan fingerprint density at radius 3 is 1.06 bits per heavy atom. The highest BCUT2D eigenvalue weighted by Crippen LogP contribution is 2.43. The summed E-state index contributed by atoms with van der Waals surface area (Å²) in [6.07, 6.45) is 44.4. The first-order valence-corrected chi connectivity index (χ1v) is 54.6. The van der Waals surface area contributed by atoms with Crippen LogP contribution in [0.25, 0.3) is 123 Å². The number of benzene rings is 4. The van der Waals surface area contributed by atoms with E-state index in [0.717, 1.165) is 216 Å². The van der Waals surface area contributed by atoms with Crippen LogP contribution >= 0.6 is 85.9 Å². The molecular formula is C106H107BBrCl4N21O8S3. The highest BCUT2D eigenvalue weighted by molar-refractivity contribution is 9.10. The molecule has 740 valence electrons. The number of fused-ring (bicyclic) bond motifs is 4. The second-order valence-corrected chi connectivity index (χ2v) is 43.0. The van der Waals surface area contributed by atoms with Gasteiger partial charge in [0.2, 0.25) is 11.1 Å². The number of thioether (sulfide) groups is 2. The predicted molar refractivity (Wildman–Crippen MR) is 578 cm³/mol. The molecule has 2 aliphatic heterocycles. The van der Waals surface area contributed by atoms with Crippen LogP contribution in [-0.2, 0) is 24.8 Å². The predicted octanol–water partition coefficient (Wildman–Crippen LogP) is 22.8. The van der Waals surface area contributed by atoms with Gasteiger partial charge in [-0.05, 0) is 197 Å². The third kappa shape index (κ3) is 22.0. The van der Waals surface area contributed by atoms with E-state index in [1.165, 1.54) is 42.6 Å². The van der Waals surface area contributed by atoms with Gasteiger partial charge < -0.3 is 19.4 Å². The first-order chi connectivity index (χ1) is 69.5. The second-order valence-electron chi connectivity index (χ2n) is 37.7. The normalized spacial score (nSPS) is 16.2. The van der Waals surface area contributed by atoms with E-state index >= 15 is 0 Å². The number of aryl methyl sites for hydroxylation is 4. The number of ether oxygens (including phenoxy) is 1. The van der Waals surface area contributed by atoms with Crippen LogP contribution in [0.15, 0.2) is 211 Å². The van der Waals surface area contributed by atoms with Gasteiger partial charge in [-0.2, -0.15) is 4.98 Å². The molecule has 0 amide bonds. The van der Waals surface area contributed by atoms with Crippen LogP contribution in [0.4, 0.5) is 5.95 Å². The van der Waals surface area contributed by atoms with E-state index in [2.05, 4.69) is 96.0 Å². The Bertz CT molecular complexity index is 7840. The fourth-order valence-electron chi connectivity index (χ4n) is 19.7. The molecule has 38 heteroatoms. The van der Waals surface area contributed by atoms with Gasteiger partial charge in [-0.25, -0.2) is 34.9 Å². The molecule has 12 aromatic heterocycles. The monoisotopic (exact) mass is 2130 g/mol. The minimum atomic E-state index is -1.34. The molecular weight excluding hydrogens is 2020 g/mol. The van der Waals surface area contributed by atoms with Crippen LogP contribution in [0.2, 0.25) is 20.1 Å². The van der Waals surface area contributed by atoms with E-state index in [4.69, 9.17) is 65.4 Å². The first-order valence-electron chi connectivity index (χ1n) is 48.3. The molecule has 4 aromatic carbocycles. The van der Waals surface area contributed by atoms with Gasteiger partial charge in [0.25, 0.3) is 22.2 Å². The van der Waals surface area contributed by atoms with Gasteiger partial charge in [-0.1, -0.05) is 170 Å². The highest BCUT2D eigenvalue weighted by Gasteiger charge is 2.52. The molecule has 4 aliphatic carbocycles. The summed E-state index contributed by atoms with van der Waals surface area (Å²) in [6, 6.07) is 30.9. The number of halogens is 5. The lowest BCUT2D eigenvalue weighted by Crippen LogP contribution is -2.41. The number of anilines is 1. The van der Waals surface area contributed by atoms with Crippen LogP contribution in [0.3, 0.4) is 0 Å². The van der Waals surface area contributed by atoms with Crippen LogP contribution in [0.5, 0.6) is 0 Å². The summed E-state index contributed by atoms with van der Waals surface area (Å²) >= 11 is 33.0. The molecule has 29 nitrogen and oxygen atoms in total. The van der Waals surface area contributed by atoms with Crippen molar-refractivity contribution in [1.82, 2.24) is 98.0 Å². The Morgan fingerprint density at radius 2 is 0.708 bits per heavy atom. The van der Waals surface area contributed by atoms with Crippen molar-refractivity contribution < 1.29 is 18.3 Å². The molecule has 2 saturated heterocycles. The number of aromatic nitrogens is 20. The maximum Gasteiger partial charge on any atom is 0.496 e. The molecule has 144 heavy (non-hydrogen) atoms. The van der Waals surface area contributed by atoms with Crippen LogP contribution in [0, 0.1) is 27.7 Å². The maximum atomic E-state index is 14.0. The van der Waals surface area contributed by atoms with Gasteiger partial charge in [0.15, 0.2) is 10.3 Å². The Balaban J connectivity index is 0.000000120. The van der Waals surface area contributed by atoms with Crippen molar-refractivity contribution in [3.05, 3.63) is 260 Å². The molecule has 0 bridgehead atoms. The van der Waals surface area contributed by atoms with Crippen molar-refractivity contribution in [2.75, 3.05) is 37.3 Å². The van der Waals surface area contributed by atoms with Gasteiger partial charge in [0, 0.05) is 227 Å². The summed E-state index contributed by atoms with van der Waals surface area (Å²) in [6.45, 7) is 17.2. The lowest BCUT2D eigenvalue weighted by molar-refractivity contribution is 0.00578. The smallest absolute Gasteiger partial charge is 0.399 e. The Kier molecular flexibility index (Phi) is 32.0. The minimum Gasteiger partial charge on any atom is -0.399 e. The molecule has 6 fully saturated rings. The average Bonchev–Trinajstić information content (AvgIpc) is 1.18. The van der Waals surface area contributed by atoms with Crippen molar-refractivity contribution in [3.63, 3.8) is 0 Å². The molecule has 1 atom stereocenters. The summed E-state index contributed by atoms with van der Waals surface area (Å²) in [7, 11) is -1.81. The molecule has 14 heterocycles. The van der Waals surface area contributed by atoms with E-state index in [1.807, 2.05) is 179 Å². The number of pyridine rings is 4. The van der Waals surface area contributed by atoms with Crippen molar-refractivity contribution in [2.45, 2.75) is 228 Å². The molecule has 4 saturated carbocycles. The number of hydrogen-bond acceptors (Lipinski definition) is 27. The highest BCUT2D eigenvalue weighted by atomic mass is 79.9. The maximum absolute atomic E-state index is 14.0. The van der Waals surface area contributed by atoms with Crippen molar-refractivity contribution in [3.8, 4) is 78.4 Å². The SMILES string of the molecule is CSc1ncc2cc(-c3ccc(-c4nccnc4C)cc3Cl)c(=O)n(C3CCCC3)c2n1.CSc1ncc2cc(Br)c(=O)n(C3CCCC3)c2n1.Cc1nccnc1-c1ccc(-c2cc3cnc(NC4CCOCC4)nc3n(C3CCCC3)c2=O)c(Cl)c1.Cc1nccnc1-c1ccc(-c2cc3cnc(S(C)=O)nc3n(C3CCCC3)c2=O)c(Cl)c1.Cc1nccnc1-c1ccc(B2OC(C)(C)C(C)(C)O2)c(Cl)c1. The Hall–Kier alpha value is -11.4. The summed E-state index contributed by atoms with van der Waals surface area (Å²) < 4.78 is 37.5. The Labute approximate surface area is 872 Å². The zero-order valence-electron chi connectivity index (χ0n) is 81.6. The van der Waals surface area contributed by atoms with Crippen LogP contribution in [0.1, 0.15) is 190 Å². The van der Waals surface area contributed by atoms with E-state index in [9.17, 15) is 23.4 Å². The van der Waals surface area contributed by atoms with Crippen molar-refractivity contribution >= 4 is 159 Å². The van der Waals surface area contributed by atoms with E-state index in [0.29, 0.717) is 91.1 Å². The standard InChI is InChI=1S/C28H29ClN6O2.C24H22ClN5O2S.C24H22ClN5OS.C17H20BClN2O2.C13H14BrN3OS/c1-17-25(31-11-10-30-17)18-6-7-22(24(29)15-18)23-14-19-16-32-28(33-20-8-12-37-13-9-20)34-26(19)35(27(23)36)21-4-2-3-5-21;1-14-21(27-10-9-26-14)15-7-8-18(20(25)12-15)19-11-16-13-28-24(33(2)32)29-22(16)30(23(19)31)17-5-3-4-6-17;1-14-21(27-10-9-26-14)15-7-8-18(20(25)12-15)19-11-16-13-28-24(32-2)29-22(16)30(23(19)31)17-5-3-4-6-17;1-11-15(21-9-8-20-11)12-6-7-13(14(19)10-12)18-22-16(2,3)17(4,5)23-18;1-19-13-15-7-8-6-10(14)12(18)17(11(8)16-13)9-4-2-3-5-9/h6-7,10-11,14-16,20-21H,2-5,8-9,12-13H2,1H3,(H,32,33,34);7-13,17H,3-6H2,1-2H3;7-13,17H,3-6H2,1-2H3;6-10H,1-5H3;6-7,9H,2-5H2,1H3. The number of hydrogen-bond donors (Lipinski definition) is 1. The fourth-order valence-corrected chi connectivity index (χ4v) is 22.3. The van der Waals surface area contributed by atoms with Crippen LogP contribution in [-0.4, -0.2) is 159 Å². The Morgan fingerprint density at radius 1 is 0.389 bits per heavy atom. The quantitative estimate of drug-likeness (QED) is 0.0502. The van der Waals surface area contributed by atoms with E-state index in [-0.39, 0.29) is 68.8 Å². The van der Waals surface area contributed by atoms with E-state index < -0.39 is 17.9 Å². The molecule has 22 rings (SSSR count). The van der Waals surface area contributed by atoms with Crippen molar-refractivity contribution in [1.29, 1.82) is 0 Å². The van der Waals surface area contributed by atoms with Crippen molar-refractivity contribution in [2.24, 2.45) is 0 Å². The molecule has 1 N–H and O–H groups in total. The van der Waals surface area contributed by atoms with Gasteiger partial charge in [0.1, 0.15) is 22.6 Å². The van der Waals surface area contributed by atoms with Crippen LogP contribution < -0.4 is 33.0 Å². The molecule has 16 aromatic rings. The summed E-state index contributed by atoms with van der Waals surface area (Å²) in [4.78, 5) is 125. The van der Waals surface area contributed by atoms with E-state index in [1.54, 1.807) is 78.8 Å². The first kappa shape index (κ1) is 103. The summed E-state index contributed by atoms with van der Waals surface area (Å²) in [5.74, 6) is 0.556. The zero-order chi connectivity index (χ0) is 101. The lowest BCUT2D eigenvalue weighted by Gasteiger charge is -2.32. The molecule has 6 aliphatic rings. The number of rotatable bonds is 17. The summed E-state index contributed by atoms with van der Waals surface area (Å²) in [5.41, 5.74) is 16.1.